The van der Waals surface area contributed by atoms with Crippen LogP contribution in [0.25, 0.3) is 5.69 Å². The predicted octanol–water partition coefficient (Wildman–Crippen LogP) is 2.61. The van der Waals surface area contributed by atoms with Gasteiger partial charge in [0.05, 0.1) is 6.54 Å². The number of Topliss-reactive ketones (excluding diaryl/α,β-unsaturated/α-hetero) is 1. The number of amides is 1. The summed E-state index contributed by atoms with van der Waals surface area (Å²) in [7, 11) is 0. The standard InChI is InChI=1S/C20H24FN3O2/c1-13-10-18(14(2)24(13)17-5-3-4-16(21)11-17)19(25)12-23-8-6-15(7-9-23)20(22)26/h3-5,10-11,15H,6-9,12H2,1-2H3,(H2,22,26). The highest BCUT2D eigenvalue weighted by Gasteiger charge is 2.25. The summed E-state index contributed by atoms with van der Waals surface area (Å²) in [6.45, 7) is 5.50. The number of nitrogens with two attached hydrogens (primary N) is 1. The zero-order valence-electron chi connectivity index (χ0n) is 15.2. The van der Waals surface area contributed by atoms with Crippen LogP contribution in [-0.2, 0) is 4.79 Å². The van der Waals surface area contributed by atoms with E-state index < -0.39 is 0 Å². The molecule has 1 aliphatic rings. The molecule has 0 atom stereocenters. The van der Waals surface area contributed by atoms with Crippen molar-refractivity contribution in [2.45, 2.75) is 26.7 Å². The van der Waals surface area contributed by atoms with E-state index in [4.69, 9.17) is 5.73 Å². The Hall–Kier alpha value is -2.47. The fraction of sp³-hybridized carbons (Fsp3) is 0.400. The van der Waals surface area contributed by atoms with Crippen LogP contribution in [0.1, 0.15) is 34.6 Å². The maximum atomic E-state index is 13.6. The molecule has 0 saturated carbocycles. The molecule has 0 bridgehead atoms. The van der Waals surface area contributed by atoms with Crippen LogP contribution in [0.3, 0.4) is 0 Å². The van der Waals surface area contributed by atoms with Crippen molar-refractivity contribution in [1.82, 2.24) is 9.47 Å². The summed E-state index contributed by atoms with van der Waals surface area (Å²) in [6, 6.07) is 8.21. The average molecular weight is 357 g/mol. The number of carbonyl (C=O) groups excluding carboxylic acids is 2. The Morgan fingerprint density at radius 1 is 1.19 bits per heavy atom. The predicted molar refractivity (Wildman–Crippen MR) is 97.9 cm³/mol. The summed E-state index contributed by atoms with van der Waals surface area (Å²) in [5, 5.41) is 0. The van der Waals surface area contributed by atoms with E-state index in [1.807, 2.05) is 30.5 Å². The molecule has 1 aliphatic heterocycles. The molecule has 0 radical (unpaired) electrons. The maximum absolute atomic E-state index is 13.6. The number of piperidine rings is 1. The lowest BCUT2D eigenvalue weighted by atomic mass is 9.96. The second-order valence-electron chi connectivity index (χ2n) is 6.98. The molecule has 2 aromatic rings. The van der Waals surface area contributed by atoms with Gasteiger partial charge in [-0.05, 0) is 64.0 Å². The minimum atomic E-state index is -0.305. The molecule has 1 aromatic heterocycles. The Labute approximate surface area is 152 Å². The number of benzene rings is 1. The van der Waals surface area contributed by atoms with Crippen LogP contribution >= 0.6 is 0 Å². The van der Waals surface area contributed by atoms with Crippen molar-refractivity contribution in [2.24, 2.45) is 11.7 Å². The van der Waals surface area contributed by atoms with Crippen LogP contribution in [0.15, 0.2) is 30.3 Å². The summed E-state index contributed by atoms with van der Waals surface area (Å²) >= 11 is 0. The van der Waals surface area contributed by atoms with E-state index in [-0.39, 0.29) is 23.4 Å². The monoisotopic (exact) mass is 357 g/mol. The highest BCUT2D eigenvalue weighted by molar-refractivity contribution is 5.99. The largest absolute Gasteiger partial charge is 0.369 e. The second-order valence-corrected chi connectivity index (χ2v) is 6.98. The van der Waals surface area contributed by atoms with Gasteiger partial charge < -0.3 is 10.3 Å². The summed E-state index contributed by atoms with van der Waals surface area (Å²) in [5.74, 6) is -0.604. The molecular weight excluding hydrogens is 333 g/mol. The molecule has 1 amide bonds. The van der Waals surface area contributed by atoms with E-state index >= 15 is 0 Å². The Balaban J connectivity index is 1.75. The van der Waals surface area contributed by atoms with Gasteiger partial charge in [-0.15, -0.1) is 0 Å². The van der Waals surface area contributed by atoms with Crippen LogP contribution in [0.4, 0.5) is 4.39 Å². The van der Waals surface area contributed by atoms with Crippen LogP contribution in [0, 0.1) is 25.6 Å². The number of likely N-dealkylation sites (tertiary alicyclic amines) is 1. The first-order valence-corrected chi connectivity index (χ1v) is 8.86. The molecular formula is C20H24FN3O2. The average Bonchev–Trinajstić information content (AvgIpc) is 2.90. The quantitative estimate of drug-likeness (QED) is 0.837. The highest BCUT2D eigenvalue weighted by Crippen LogP contribution is 2.23. The van der Waals surface area contributed by atoms with Crippen molar-refractivity contribution < 1.29 is 14.0 Å². The molecule has 0 unspecified atom stereocenters. The van der Waals surface area contributed by atoms with Gasteiger partial charge in [0.25, 0.3) is 0 Å². The third-order valence-corrected chi connectivity index (χ3v) is 5.16. The van der Waals surface area contributed by atoms with Gasteiger partial charge in [-0.1, -0.05) is 6.07 Å². The third-order valence-electron chi connectivity index (χ3n) is 5.16. The second kappa shape index (κ2) is 7.41. The summed E-state index contributed by atoms with van der Waals surface area (Å²) in [4.78, 5) is 26.1. The number of primary amides is 1. The van der Waals surface area contributed by atoms with E-state index in [0.29, 0.717) is 43.7 Å². The Morgan fingerprint density at radius 3 is 2.50 bits per heavy atom. The van der Waals surface area contributed by atoms with Gasteiger partial charge in [0.15, 0.2) is 5.78 Å². The molecule has 0 spiro atoms. The first-order chi connectivity index (χ1) is 12.4. The zero-order valence-corrected chi connectivity index (χ0v) is 15.2. The van der Waals surface area contributed by atoms with E-state index in [1.54, 1.807) is 6.07 Å². The maximum Gasteiger partial charge on any atom is 0.220 e. The van der Waals surface area contributed by atoms with Crippen molar-refractivity contribution in [3.63, 3.8) is 0 Å². The molecule has 2 heterocycles. The van der Waals surface area contributed by atoms with E-state index in [0.717, 1.165) is 11.4 Å². The fourth-order valence-corrected chi connectivity index (χ4v) is 3.72. The third kappa shape index (κ3) is 3.70. The van der Waals surface area contributed by atoms with Gasteiger partial charge in [0.2, 0.25) is 5.91 Å². The lowest BCUT2D eigenvalue weighted by Gasteiger charge is -2.29. The summed E-state index contributed by atoms with van der Waals surface area (Å²) < 4.78 is 15.5. The normalized spacial score (nSPS) is 16.0. The van der Waals surface area contributed by atoms with Gasteiger partial charge in [-0.3, -0.25) is 14.5 Å². The minimum Gasteiger partial charge on any atom is -0.369 e. The molecule has 138 valence electrons. The number of nitrogens with zero attached hydrogens (tertiary/aromatic N) is 2. The van der Waals surface area contributed by atoms with Crippen molar-refractivity contribution >= 4 is 11.7 Å². The first kappa shape index (κ1) is 18.3. The van der Waals surface area contributed by atoms with E-state index in [1.165, 1.54) is 12.1 Å². The lowest BCUT2D eigenvalue weighted by molar-refractivity contribution is -0.123. The molecule has 1 fully saturated rings. The van der Waals surface area contributed by atoms with Crippen LogP contribution in [0.2, 0.25) is 0 Å². The van der Waals surface area contributed by atoms with Crippen LogP contribution in [0.5, 0.6) is 0 Å². The summed E-state index contributed by atoms with van der Waals surface area (Å²) in [6.07, 6.45) is 1.40. The van der Waals surface area contributed by atoms with Crippen molar-refractivity contribution in [2.75, 3.05) is 19.6 Å². The Kier molecular flexibility index (Phi) is 5.23. The number of hydrogen-bond acceptors (Lipinski definition) is 3. The lowest BCUT2D eigenvalue weighted by Crippen LogP contribution is -2.40. The van der Waals surface area contributed by atoms with Crippen LogP contribution < -0.4 is 5.73 Å². The van der Waals surface area contributed by atoms with E-state index in [2.05, 4.69) is 4.90 Å². The minimum absolute atomic E-state index is 0.0401. The molecule has 6 heteroatoms. The van der Waals surface area contributed by atoms with Gasteiger partial charge >= 0.3 is 0 Å². The molecule has 3 rings (SSSR count). The smallest absolute Gasteiger partial charge is 0.220 e. The van der Waals surface area contributed by atoms with E-state index in [9.17, 15) is 14.0 Å². The number of halogens is 1. The van der Waals surface area contributed by atoms with Crippen molar-refractivity contribution in [3.05, 3.63) is 53.1 Å². The van der Waals surface area contributed by atoms with Crippen molar-refractivity contribution in [1.29, 1.82) is 0 Å². The number of hydrogen-bond donors (Lipinski definition) is 1. The number of aryl methyl sites for hydroxylation is 1. The SMILES string of the molecule is Cc1cc(C(=O)CN2CCC(C(N)=O)CC2)c(C)n1-c1cccc(F)c1. The molecule has 5 nitrogen and oxygen atoms in total. The van der Waals surface area contributed by atoms with Gasteiger partial charge in [-0.25, -0.2) is 4.39 Å². The molecule has 1 aromatic carbocycles. The highest BCUT2D eigenvalue weighted by atomic mass is 19.1. The van der Waals surface area contributed by atoms with Crippen LogP contribution in [-0.4, -0.2) is 40.8 Å². The topological polar surface area (TPSA) is 68.3 Å². The van der Waals surface area contributed by atoms with Gasteiger partial charge in [0, 0.05) is 28.6 Å². The number of ketones is 1. The number of rotatable bonds is 5. The Morgan fingerprint density at radius 2 is 1.88 bits per heavy atom. The number of aromatic nitrogens is 1. The first-order valence-electron chi connectivity index (χ1n) is 8.86. The van der Waals surface area contributed by atoms with Crippen molar-refractivity contribution in [3.8, 4) is 5.69 Å². The molecule has 0 aliphatic carbocycles. The Bertz CT molecular complexity index is 836. The summed E-state index contributed by atoms with van der Waals surface area (Å²) in [5.41, 5.74) is 8.42. The zero-order chi connectivity index (χ0) is 18.8. The van der Waals surface area contributed by atoms with Gasteiger partial charge in [0.1, 0.15) is 5.82 Å². The van der Waals surface area contributed by atoms with Gasteiger partial charge in [-0.2, -0.15) is 0 Å². The molecule has 2 N–H and O–H groups in total. The molecule has 26 heavy (non-hydrogen) atoms. The molecule has 1 saturated heterocycles. The fourth-order valence-electron chi connectivity index (χ4n) is 3.72. The number of carbonyl (C=O) groups is 2.